The zero-order valence-electron chi connectivity index (χ0n) is 8.66. The topological polar surface area (TPSA) is 24.1 Å². The van der Waals surface area contributed by atoms with Crippen LogP contribution in [0.1, 0.15) is 6.92 Å². The molecule has 0 saturated heterocycles. The normalized spacial score (nSPS) is 12.4. The lowest BCUT2D eigenvalue weighted by Crippen LogP contribution is -2.47. The summed E-state index contributed by atoms with van der Waals surface area (Å²) in [6.07, 6.45) is 0. The van der Waals surface area contributed by atoms with Gasteiger partial charge in [0.25, 0.3) is 0 Å². The van der Waals surface area contributed by atoms with Crippen molar-refractivity contribution in [1.29, 1.82) is 0 Å². The minimum atomic E-state index is -1.15. The van der Waals surface area contributed by atoms with Gasteiger partial charge in [0.15, 0.2) is 8.96 Å². The van der Waals surface area contributed by atoms with Crippen molar-refractivity contribution in [2.24, 2.45) is 0 Å². The fourth-order valence-corrected chi connectivity index (χ4v) is 2.98. The summed E-state index contributed by atoms with van der Waals surface area (Å²) >= 11 is 0. The van der Waals surface area contributed by atoms with Gasteiger partial charge in [0.1, 0.15) is 0 Å². The third-order valence-electron chi connectivity index (χ3n) is 2.09. The molecule has 0 bridgehead atoms. The number of hydrogen-bond acceptors (Lipinski definition) is 2. The van der Waals surface area contributed by atoms with Gasteiger partial charge in [0, 0.05) is 6.67 Å². The van der Waals surface area contributed by atoms with Gasteiger partial charge in [0.05, 0.1) is 0 Å². The van der Waals surface area contributed by atoms with Gasteiger partial charge in [-0.15, -0.1) is 6.58 Å². The monoisotopic (exact) mass is 206 g/mol. The van der Waals surface area contributed by atoms with Crippen molar-refractivity contribution in [2.45, 2.75) is 6.92 Å². The van der Waals surface area contributed by atoms with Crippen LogP contribution in [0.4, 0.5) is 0 Å². The molecule has 0 heterocycles. The Morgan fingerprint density at radius 3 is 2.64 bits per heavy atom. The van der Waals surface area contributed by atoms with E-state index in [4.69, 9.17) is 0 Å². The highest BCUT2D eigenvalue weighted by Crippen LogP contribution is 1.86. The second-order valence-electron chi connectivity index (χ2n) is 3.11. The van der Waals surface area contributed by atoms with Crippen molar-refractivity contribution in [3.8, 4) is 0 Å². The van der Waals surface area contributed by atoms with Crippen LogP contribution in [0.2, 0.25) is 0 Å². The molecule has 0 radical (unpaired) electrons. The highest BCUT2D eigenvalue weighted by atomic mass is 28.3. The van der Waals surface area contributed by atoms with Crippen LogP contribution >= 0.6 is 0 Å². The van der Waals surface area contributed by atoms with E-state index in [-0.39, 0.29) is 0 Å². The average Bonchev–Trinajstić information content (AvgIpc) is 2.26. The maximum Gasteiger partial charge on any atom is 0.166 e. The lowest BCUT2D eigenvalue weighted by Gasteiger charge is -2.13. The van der Waals surface area contributed by atoms with Crippen LogP contribution in [0.25, 0.3) is 0 Å². The lowest BCUT2D eigenvalue weighted by molar-refractivity contribution is 0.702. The summed E-state index contributed by atoms with van der Waals surface area (Å²) in [5, 5.41) is 4.65. The van der Waals surface area contributed by atoms with Crippen molar-refractivity contribution >= 4 is 14.1 Å². The average molecular weight is 206 g/mol. The zero-order valence-corrected chi connectivity index (χ0v) is 9.82. The van der Waals surface area contributed by atoms with E-state index < -0.39 is 8.96 Å². The van der Waals surface area contributed by atoms with Gasteiger partial charge in [0.2, 0.25) is 0 Å². The molecule has 1 aromatic carbocycles. The molecular formula is C11H18N2Si. The minimum absolute atomic E-state index is 0.869. The summed E-state index contributed by atoms with van der Waals surface area (Å²) in [4.78, 5) is 3.50. The van der Waals surface area contributed by atoms with Crippen molar-refractivity contribution in [3.05, 3.63) is 42.6 Å². The molecule has 3 heteroatoms. The standard InChI is InChI=1S/C11H18N2Si/c1-3-12-10-13-14(4-2)11-8-6-5-7-9-11/h4-9,12-14H,2-3,10H2,1H3. The Balaban J connectivity index is 2.50. The summed E-state index contributed by atoms with van der Waals surface area (Å²) in [5.74, 6) is 0. The molecule has 0 amide bonds. The maximum absolute atomic E-state index is 3.89. The third-order valence-corrected chi connectivity index (χ3v) is 4.31. The number of benzene rings is 1. The Bertz CT molecular complexity index is 261. The van der Waals surface area contributed by atoms with Crippen LogP contribution in [0.5, 0.6) is 0 Å². The molecule has 0 aliphatic carbocycles. The zero-order chi connectivity index (χ0) is 10.2. The smallest absolute Gasteiger partial charge is 0.166 e. The van der Waals surface area contributed by atoms with Gasteiger partial charge < -0.3 is 10.3 Å². The predicted molar refractivity (Wildman–Crippen MR) is 65.1 cm³/mol. The molecule has 0 spiro atoms. The maximum atomic E-state index is 3.89. The predicted octanol–water partition coefficient (Wildman–Crippen LogP) is 0.499. The van der Waals surface area contributed by atoms with Gasteiger partial charge in [-0.25, -0.2) is 0 Å². The minimum Gasteiger partial charge on any atom is -0.321 e. The quantitative estimate of drug-likeness (QED) is 0.402. The van der Waals surface area contributed by atoms with Crippen LogP contribution in [-0.2, 0) is 0 Å². The number of nitrogens with one attached hydrogen (secondary N) is 2. The van der Waals surface area contributed by atoms with E-state index in [1.807, 2.05) is 6.07 Å². The first kappa shape index (κ1) is 11.2. The van der Waals surface area contributed by atoms with Crippen LogP contribution in [-0.4, -0.2) is 22.2 Å². The van der Waals surface area contributed by atoms with Crippen LogP contribution in [0.3, 0.4) is 0 Å². The molecule has 1 aromatic rings. The van der Waals surface area contributed by atoms with Gasteiger partial charge in [-0.2, -0.15) is 0 Å². The number of rotatable bonds is 6. The lowest BCUT2D eigenvalue weighted by atomic mass is 10.4. The summed E-state index contributed by atoms with van der Waals surface area (Å²) < 4.78 is 0. The second-order valence-corrected chi connectivity index (χ2v) is 5.61. The molecule has 0 fully saturated rings. The van der Waals surface area contributed by atoms with E-state index in [9.17, 15) is 0 Å². The molecule has 76 valence electrons. The molecule has 0 aliphatic heterocycles. The molecule has 1 rings (SSSR count). The first-order valence-electron chi connectivity index (χ1n) is 5.00. The summed E-state index contributed by atoms with van der Waals surface area (Å²) in [6, 6.07) is 10.5. The largest absolute Gasteiger partial charge is 0.321 e. The highest BCUT2D eigenvalue weighted by Gasteiger charge is 2.06. The van der Waals surface area contributed by atoms with E-state index in [1.165, 1.54) is 5.19 Å². The first-order valence-corrected chi connectivity index (χ1v) is 6.82. The molecule has 0 aromatic heterocycles. The van der Waals surface area contributed by atoms with E-state index in [1.54, 1.807) is 0 Å². The van der Waals surface area contributed by atoms with Crippen molar-refractivity contribution in [3.63, 3.8) is 0 Å². The van der Waals surface area contributed by atoms with Gasteiger partial charge >= 0.3 is 0 Å². The molecule has 0 saturated carbocycles. The molecule has 2 nitrogen and oxygen atoms in total. The van der Waals surface area contributed by atoms with Crippen LogP contribution < -0.4 is 15.5 Å². The van der Waals surface area contributed by atoms with E-state index in [0.29, 0.717) is 0 Å². The molecular weight excluding hydrogens is 188 g/mol. The third kappa shape index (κ3) is 3.45. The molecule has 1 unspecified atom stereocenters. The van der Waals surface area contributed by atoms with Gasteiger partial charge in [-0.1, -0.05) is 43.0 Å². The first-order chi connectivity index (χ1) is 6.88. The van der Waals surface area contributed by atoms with Crippen LogP contribution in [0, 0.1) is 0 Å². The SMILES string of the molecule is C=C[SiH](NCNCC)c1ccccc1. The van der Waals surface area contributed by atoms with E-state index in [0.717, 1.165) is 13.2 Å². The van der Waals surface area contributed by atoms with Crippen molar-refractivity contribution in [1.82, 2.24) is 10.3 Å². The second kappa shape index (κ2) is 6.54. The van der Waals surface area contributed by atoms with E-state index in [2.05, 4.69) is 53.8 Å². The number of hydrogen-bond donors (Lipinski definition) is 2. The van der Waals surface area contributed by atoms with Crippen LogP contribution in [0.15, 0.2) is 42.6 Å². The Kier molecular flexibility index (Phi) is 5.22. The van der Waals surface area contributed by atoms with Crippen molar-refractivity contribution < 1.29 is 0 Å². The Morgan fingerprint density at radius 1 is 1.36 bits per heavy atom. The van der Waals surface area contributed by atoms with Gasteiger partial charge in [-0.05, 0) is 11.7 Å². The van der Waals surface area contributed by atoms with Crippen molar-refractivity contribution in [2.75, 3.05) is 13.2 Å². The Morgan fingerprint density at radius 2 is 2.07 bits per heavy atom. The molecule has 0 aliphatic rings. The highest BCUT2D eigenvalue weighted by molar-refractivity contribution is 6.75. The molecule has 2 N–H and O–H groups in total. The van der Waals surface area contributed by atoms with E-state index >= 15 is 0 Å². The summed E-state index contributed by atoms with van der Waals surface area (Å²) in [6.45, 7) is 7.86. The summed E-state index contributed by atoms with van der Waals surface area (Å²) in [5.41, 5.74) is 2.06. The molecule has 14 heavy (non-hydrogen) atoms. The summed E-state index contributed by atoms with van der Waals surface area (Å²) in [7, 11) is -1.15. The van der Waals surface area contributed by atoms with Gasteiger partial charge in [-0.3, -0.25) is 0 Å². The fraction of sp³-hybridized carbons (Fsp3) is 0.273. The Hall–Kier alpha value is -0.903. The Labute approximate surface area is 87.7 Å². The molecule has 1 atom stereocenters. The fourth-order valence-electron chi connectivity index (χ4n) is 1.30.